The van der Waals surface area contributed by atoms with Gasteiger partial charge in [-0.25, -0.2) is 4.98 Å². The predicted octanol–water partition coefficient (Wildman–Crippen LogP) is 2.52. The van der Waals surface area contributed by atoms with Crippen molar-refractivity contribution in [3.8, 4) is 0 Å². The van der Waals surface area contributed by atoms with Crippen molar-refractivity contribution >= 4 is 17.7 Å². The Kier molecular flexibility index (Phi) is 5.85. The summed E-state index contributed by atoms with van der Waals surface area (Å²) in [6, 6.07) is 5.82. The Labute approximate surface area is 94.2 Å². The Morgan fingerprint density at radius 3 is 3.07 bits per heavy atom. The van der Waals surface area contributed by atoms with Crippen LogP contribution in [-0.2, 0) is 9.53 Å². The number of rotatable bonds is 6. The first kappa shape index (κ1) is 12.0. The molecule has 0 spiro atoms. The van der Waals surface area contributed by atoms with Crippen molar-refractivity contribution in [1.29, 1.82) is 0 Å². The van der Waals surface area contributed by atoms with Crippen LogP contribution in [0.3, 0.4) is 0 Å². The number of esters is 1. The van der Waals surface area contributed by atoms with E-state index in [1.807, 2.05) is 25.1 Å². The average Bonchev–Trinajstić information content (AvgIpc) is 2.26. The Hall–Kier alpha value is -1.03. The lowest BCUT2D eigenvalue weighted by Gasteiger charge is -2.01. The quantitative estimate of drug-likeness (QED) is 0.423. The number of hydrogen-bond donors (Lipinski definition) is 0. The fraction of sp³-hybridized carbons (Fsp3) is 0.455. The van der Waals surface area contributed by atoms with E-state index in [2.05, 4.69) is 4.98 Å². The maximum absolute atomic E-state index is 11.0. The second-order valence-electron chi connectivity index (χ2n) is 2.93. The molecule has 0 aliphatic heterocycles. The van der Waals surface area contributed by atoms with Crippen molar-refractivity contribution in [2.75, 3.05) is 12.4 Å². The van der Waals surface area contributed by atoms with E-state index in [0.717, 1.165) is 17.2 Å². The summed E-state index contributed by atoms with van der Waals surface area (Å²) in [4.78, 5) is 15.2. The lowest BCUT2D eigenvalue weighted by atomic mass is 10.3. The first-order valence-corrected chi connectivity index (χ1v) is 6.01. The Morgan fingerprint density at radius 1 is 1.53 bits per heavy atom. The number of thioether (sulfide) groups is 1. The molecule has 0 atom stereocenters. The number of pyridine rings is 1. The molecule has 0 radical (unpaired) electrons. The number of hydrogen-bond acceptors (Lipinski definition) is 4. The molecule has 0 aliphatic carbocycles. The second-order valence-corrected chi connectivity index (χ2v) is 4.04. The third-order valence-electron chi connectivity index (χ3n) is 1.72. The van der Waals surface area contributed by atoms with E-state index >= 15 is 0 Å². The van der Waals surface area contributed by atoms with Gasteiger partial charge < -0.3 is 4.74 Å². The van der Waals surface area contributed by atoms with Gasteiger partial charge in [0.05, 0.1) is 11.6 Å². The maximum Gasteiger partial charge on any atom is 0.305 e. The summed E-state index contributed by atoms with van der Waals surface area (Å²) in [5.74, 6) is 0.787. The number of nitrogens with zero attached hydrogens (tertiary/aromatic N) is 1. The zero-order valence-electron chi connectivity index (χ0n) is 8.81. The average molecular weight is 225 g/mol. The molecule has 1 heterocycles. The molecule has 15 heavy (non-hydrogen) atoms. The van der Waals surface area contributed by atoms with E-state index in [1.165, 1.54) is 0 Å². The van der Waals surface area contributed by atoms with Gasteiger partial charge in [0.25, 0.3) is 0 Å². The lowest BCUT2D eigenvalue weighted by Crippen LogP contribution is -2.03. The van der Waals surface area contributed by atoms with Gasteiger partial charge in [-0.1, -0.05) is 6.07 Å². The monoisotopic (exact) mass is 225 g/mol. The van der Waals surface area contributed by atoms with Gasteiger partial charge in [-0.3, -0.25) is 4.79 Å². The molecule has 0 saturated carbocycles. The Morgan fingerprint density at radius 2 is 2.40 bits per heavy atom. The van der Waals surface area contributed by atoms with Crippen molar-refractivity contribution in [2.24, 2.45) is 0 Å². The van der Waals surface area contributed by atoms with Crippen LogP contribution in [0.15, 0.2) is 29.4 Å². The zero-order valence-corrected chi connectivity index (χ0v) is 9.63. The summed E-state index contributed by atoms with van der Waals surface area (Å²) in [6.45, 7) is 2.28. The van der Waals surface area contributed by atoms with E-state index < -0.39 is 0 Å². The van der Waals surface area contributed by atoms with Crippen LogP contribution < -0.4 is 0 Å². The van der Waals surface area contributed by atoms with Crippen LogP contribution in [0.4, 0.5) is 0 Å². The predicted molar refractivity (Wildman–Crippen MR) is 60.8 cm³/mol. The van der Waals surface area contributed by atoms with Crippen molar-refractivity contribution in [1.82, 2.24) is 4.98 Å². The third-order valence-corrected chi connectivity index (χ3v) is 2.75. The first-order chi connectivity index (χ1) is 7.33. The van der Waals surface area contributed by atoms with Crippen molar-refractivity contribution in [2.45, 2.75) is 24.8 Å². The summed E-state index contributed by atoms with van der Waals surface area (Å²) in [6.07, 6.45) is 3.10. The fourth-order valence-electron chi connectivity index (χ4n) is 1.06. The molecule has 0 saturated heterocycles. The van der Waals surface area contributed by atoms with Crippen molar-refractivity contribution < 1.29 is 9.53 Å². The SMILES string of the molecule is CCOC(=O)CCCSc1ccccn1. The zero-order chi connectivity index (χ0) is 10.9. The molecule has 1 aromatic rings. The van der Waals surface area contributed by atoms with Crippen molar-refractivity contribution in [3.63, 3.8) is 0 Å². The molecule has 1 aromatic heterocycles. The second kappa shape index (κ2) is 7.29. The molecular weight excluding hydrogens is 210 g/mol. The van der Waals surface area contributed by atoms with Gasteiger partial charge in [0.1, 0.15) is 0 Å². The topological polar surface area (TPSA) is 39.2 Å². The van der Waals surface area contributed by atoms with Crippen LogP contribution in [0, 0.1) is 0 Å². The molecule has 0 unspecified atom stereocenters. The standard InChI is InChI=1S/C11H15NO2S/c1-2-14-11(13)7-5-9-15-10-6-3-4-8-12-10/h3-4,6,8H,2,5,7,9H2,1H3. The normalized spacial score (nSPS) is 9.93. The Bertz CT molecular complexity index is 290. The van der Waals surface area contributed by atoms with Crippen LogP contribution in [0.25, 0.3) is 0 Å². The van der Waals surface area contributed by atoms with E-state index in [9.17, 15) is 4.79 Å². The molecule has 0 aliphatic rings. The van der Waals surface area contributed by atoms with E-state index in [-0.39, 0.29) is 5.97 Å². The number of carbonyl (C=O) groups excluding carboxylic acids is 1. The Balaban J connectivity index is 2.10. The van der Waals surface area contributed by atoms with Gasteiger partial charge in [-0.05, 0) is 25.5 Å². The van der Waals surface area contributed by atoms with Gasteiger partial charge in [0.15, 0.2) is 0 Å². The summed E-state index contributed by atoms with van der Waals surface area (Å²) >= 11 is 1.66. The van der Waals surface area contributed by atoms with Crippen LogP contribution in [0.5, 0.6) is 0 Å². The minimum absolute atomic E-state index is 0.112. The minimum Gasteiger partial charge on any atom is -0.466 e. The highest BCUT2D eigenvalue weighted by atomic mass is 32.2. The summed E-state index contributed by atoms with van der Waals surface area (Å²) in [5, 5.41) is 1.00. The van der Waals surface area contributed by atoms with Crippen LogP contribution in [-0.4, -0.2) is 23.3 Å². The molecule has 4 heteroatoms. The molecule has 0 bridgehead atoms. The van der Waals surface area contributed by atoms with Crippen molar-refractivity contribution in [3.05, 3.63) is 24.4 Å². The summed E-state index contributed by atoms with van der Waals surface area (Å²) in [7, 11) is 0. The van der Waals surface area contributed by atoms with Gasteiger partial charge in [0.2, 0.25) is 0 Å². The highest BCUT2D eigenvalue weighted by Gasteiger charge is 2.01. The molecule has 0 fully saturated rings. The van der Waals surface area contributed by atoms with Crippen LogP contribution in [0.2, 0.25) is 0 Å². The van der Waals surface area contributed by atoms with Gasteiger partial charge in [-0.15, -0.1) is 11.8 Å². The number of aromatic nitrogens is 1. The molecule has 0 N–H and O–H groups in total. The third kappa shape index (κ3) is 5.42. The molecule has 0 amide bonds. The van der Waals surface area contributed by atoms with E-state index in [1.54, 1.807) is 18.0 Å². The largest absolute Gasteiger partial charge is 0.466 e. The smallest absolute Gasteiger partial charge is 0.305 e. The fourth-order valence-corrected chi connectivity index (χ4v) is 1.87. The van der Waals surface area contributed by atoms with Crippen LogP contribution >= 0.6 is 11.8 Å². The van der Waals surface area contributed by atoms with E-state index in [4.69, 9.17) is 4.74 Å². The number of carbonyl (C=O) groups is 1. The molecule has 0 aromatic carbocycles. The molecule has 3 nitrogen and oxygen atoms in total. The summed E-state index contributed by atoms with van der Waals surface area (Å²) in [5.41, 5.74) is 0. The van der Waals surface area contributed by atoms with Crippen LogP contribution in [0.1, 0.15) is 19.8 Å². The first-order valence-electron chi connectivity index (χ1n) is 5.02. The highest BCUT2D eigenvalue weighted by molar-refractivity contribution is 7.99. The number of ether oxygens (including phenoxy) is 1. The molecular formula is C11H15NO2S. The van der Waals surface area contributed by atoms with Gasteiger partial charge >= 0.3 is 5.97 Å². The molecule has 1 rings (SSSR count). The van der Waals surface area contributed by atoms with E-state index in [0.29, 0.717) is 13.0 Å². The lowest BCUT2D eigenvalue weighted by molar-refractivity contribution is -0.143. The summed E-state index contributed by atoms with van der Waals surface area (Å²) < 4.78 is 4.83. The van der Waals surface area contributed by atoms with Gasteiger partial charge in [-0.2, -0.15) is 0 Å². The maximum atomic E-state index is 11.0. The molecule has 82 valence electrons. The highest BCUT2D eigenvalue weighted by Crippen LogP contribution is 2.15. The van der Waals surface area contributed by atoms with Gasteiger partial charge in [0, 0.05) is 18.4 Å². The minimum atomic E-state index is -0.112.